The summed E-state index contributed by atoms with van der Waals surface area (Å²) in [7, 11) is 1.92. The highest BCUT2D eigenvalue weighted by Crippen LogP contribution is 2.39. The van der Waals surface area contributed by atoms with Gasteiger partial charge < -0.3 is 9.80 Å². The summed E-state index contributed by atoms with van der Waals surface area (Å²) in [4.78, 5) is 25.0. The van der Waals surface area contributed by atoms with Crippen LogP contribution in [0.1, 0.15) is 37.4 Å². The Balaban J connectivity index is 1.69. The van der Waals surface area contributed by atoms with Crippen LogP contribution in [0.2, 0.25) is 0 Å². The van der Waals surface area contributed by atoms with Gasteiger partial charge in [0, 0.05) is 32.1 Å². The van der Waals surface area contributed by atoms with Crippen LogP contribution in [0.5, 0.6) is 0 Å². The molecular weight excluding hydrogens is 320 g/mol. The Morgan fingerprint density at radius 2 is 2.10 bits per heavy atom. The van der Waals surface area contributed by atoms with Crippen LogP contribution in [-0.4, -0.2) is 47.5 Å². The van der Waals surface area contributed by atoms with E-state index in [0.29, 0.717) is 12.5 Å². The molecule has 1 aliphatic carbocycles. The first-order chi connectivity index (χ1) is 9.63. The van der Waals surface area contributed by atoms with E-state index < -0.39 is 0 Å². The molecule has 1 amide bonds. The number of nitrogens with zero attached hydrogens (tertiary/aromatic N) is 4. The van der Waals surface area contributed by atoms with Crippen molar-refractivity contribution in [1.82, 2.24) is 14.9 Å². The number of aromatic nitrogens is 2. The topological polar surface area (TPSA) is 49.3 Å². The summed E-state index contributed by atoms with van der Waals surface area (Å²) in [5.74, 6) is 2.41. The monoisotopic (exact) mass is 338 g/mol. The molecule has 20 heavy (non-hydrogen) atoms. The van der Waals surface area contributed by atoms with Gasteiger partial charge in [0.05, 0.1) is 6.54 Å². The van der Waals surface area contributed by atoms with E-state index in [0.717, 1.165) is 42.2 Å². The fourth-order valence-corrected chi connectivity index (χ4v) is 2.88. The average molecular weight is 339 g/mol. The molecule has 3 rings (SSSR count). The number of rotatable bonds is 4. The Kier molecular flexibility index (Phi) is 3.92. The highest BCUT2D eigenvalue weighted by Gasteiger charge is 2.28. The predicted octanol–water partition coefficient (Wildman–Crippen LogP) is 2.18. The van der Waals surface area contributed by atoms with Crippen molar-refractivity contribution in [3.05, 3.63) is 16.5 Å². The van der Waals surface area contributed by atoms with Gasteiger partial charge in [0.25, 0.3) is 0 Å². The van der Waals surface area contributed by atoms with Gasteiger partial charge in [0.2, 0.25) is 5.91 Å². The molecule has 1 aromatic rings. The number of hydrogen-bond acceptors (Lipinski definition) is 4. The van der Waals surface area contributed by atoms with Crippen molar-refractivity contribution in [2.45, 2.75) is 31.6 Å². The number of amides is 1. The van der Waals surface area contributed by atoms with Crippen LogP contribution >= 0.6 is 15.9 Å². The second-order valence-electron chi connectivity index (χ2n) is 5.63. The zero-order valence-corrected chi connectivity index (χ0v) is 13.3. The standard InChI is InChI=1S/C14H19BrN4O/c1-18(9-13(20)19-6-2-3-7-19)12-8-11(15)16-14(17-12)10-4-5-10/h8,10H,2-7,9H2,1H3. The maximum Gasteiger partial charge on any atom is 0.242 e. The Bertz CT molecular complexity index is 512. The van der Waals surface area contributed by atoms with Crippen LogP contribution < -0.4 is 4.90 Å². The van der Waals surface area contributed by atoms with E-state index in [4.69, 9.17) is 0 Å². The average Bonchev–Trinajstić information content (AvgIpc) is 3.12. The number of likely N-dealkylation sites (N-methyl/N-ethyl adjacent to an activating group) is 1. The van der Waals surface area contributed by atoms with E-state index in [1.807, 2.05) is 22.9 Å². The summed E-state index contributed by atoms with van der Waals surface area (Å²) in [5.41, 5.74) is 0. The van der Waals surface area contributed by atoms with Crippen LogP contribution in [0.15, 0.2) is 10.7 Å². The summed E-state index contributed by atoms with van der Waals surface area (Å²) in [5, 5.41) is 0. The molecule has 2 heterocycles. The number of anilines is 1. The normalized spacial score (nSPS) is 18.4. The largest absolute Gasteiger partial charge is 0.350 e. The molecule has 2 fully saturated rings. The summed E-state index contributed by atoms with van der Waals surface area (Å²) >= 11 is 3.44. The third-order valence-electron chi connectivity index (χ3n) is 3.86. The first-order valence-electron chi connectivity index (χ1n) is 7.17. The van der Waals surface area contributed by atoms with Crippen molar-refractivity contribution in [2.75, 3.05) is 31.6 Å². The molecule has 108 valence electrons. The van der Waals surface area contributed by atoms with Crippen molar-refractivity contribution in [3.63, 3.8) is 0 Å². The molecule has 1 aromatic heterocycles. The van der Waals surface area contributed by atoms with E-state index in [2.05, 4.69) is 25.9 Å². The zero-order valence-electron chi connectivity index (χ0n) is 11.7. The minimum absolute atomic E-state index is 0.188. The first kappa shape index (κ1) is 13.8. The van der Waals surface area contributed by atoms with E-state index in [1.165, 1.54) is 12.8 Å². The summed E-state index contributed by atoms with van der Waals surface area (Å²) in [6.07, 6.45) is 4.60. The number of halogens is 1. The summed E-state index contributed by atoms with van der Waals surface area (Å²) < 4.78 is 0.796. The minimum Gasteiger partial charge on any atom is -0.350 e. The van der Waals surface area contributed by atoms with E-state index in [9.17, 15) is 4.79 Å². The lowest BCUT2D eigenvalue weighted by molar-refractivity contribution is -0.128. The maximum absolute atomic E-state index is 12.2. The summed E-state index contributed by atoms with van der Waals surface area (Å²) in [6.45, 7) is 2.18. The first-order valence-corrected chi connectivity index (χ1v) is 7.96. The molecule has 0 atom stereocenters. The molecule has 1 saturated heterocycles. The highest BCUT2D eigenvalue weighted by atomic mass is 79.9. The quantitative estimate of drug-likeness (QED) is 0.789. The fourth-order valence-electron chi connectivity index (χ4n) is 2.49. The molecule has 1 aliphatic heterocycles. The molecular formula is C14H19BrN4O. The van der Waals surface area contributed by atoms with Crippen LogP contribution in [0.3, 0.4) is 0 Å². The molecule has 0 N–H and O–H groups in total. The highest BCUT2D eigenvalue weighted by molar-refractivity contribution is 9.10. The van der Waals surface area contributed by atoms with Crippen molar-refractivity contribution >= 4 is 27.7 Å². The lowest BCUT2D eigenvalue weighted by atomic mass is 10.3. The second-order valence-corrected chi connectivity index (χ2v) is 6.44. The van der Waals surface area contributed by atoms with Gasteiger partial charge in [-0.15, -0.1) is 0 Å². The van der Waals surface area contributed by atoms with Gasteiger partial charge in [0.1, 0.15) is 16.2 Å². The van der Waals surface area contributed by atoms with Gasteiger partial charge in [0.15, 0.2) is 0 Å². The van der Waals surface area contributed by atoms with Crippen LogP contribution in [-0.2, 0) is 4.79 Å². The lowest BCUT2D eigenvalue weighted by Gasteiger charge is -2.22. The Morgan fingerprint density at radius 3 is 2.75 bits per heavy atom. The van der Waals surface area contributed by atoms with E-state index in [1.54, 1.807) is 0 Å². The van der Waals surface area contributed by atoms with E-state index >= 15 is 0 Å². The van der Waals surface area contributed by atoms with Crippen molar-refractivity contribution < 1.29 is 4.79 Å². The lowest BCUT2D eigenvalue weighted by Crippen LogP contribution is -2.37. The number of carbonyl (C=O) groups is 1. The zero-order chi connectivity index (χ0) is 14.1. The smallest absolute Gasteiger partial charge is 0.242 e. The molecule has 0 spiro atoms. The van der Waals surface area contributed by atoms with Gasteiger partial charge in [-0.05, 0) is 41.6 Å². The molecule has 0 unspecified atom stereocenters. The van der Waals surface area contributed by atoms with Crippen LogP contribution in [0, 0.1) is 0 Å². The third kappa shape index (κ3) is 3.11. The number of carbonyl (C=O) groups excluding carboxylic acids is 1. The van der Waals surface area contributed by atoms with Crippen LogP contribution in [0.25, 0.3) is 0 Å². The SMILES string of the molecule is CN(CC(=O)N1CCCC1)c1cc(Br)nc(C2CC2)n1. The minimum atomic E-state index is 0.188. The Labute approximate surface area is 127 Å². The van der Waals surface area contributed by atoms with Gasteiger partial charge in [-0.3, -0.25) is 4.79 Å². The molecule has 6 heteroatoms. The molecule has 0 aromatic carbocycles. The van der Waals surface area contributed by atoms with Gasteiger partial charge in [-0.25, -0.2) is 9.97 Å². The van der Waals surface area contributed by atoms with Gasteiger partial charge >= 0.3 is 0 Å². The third-order valence-corrected chi connectivity index (χ3v) is 4.27. The molecule has 1 saturated carbocycles. The molecule has 2 aliphatic rings. The van der Waals surface area contributed by atoms with E-state index in [-0.39, 0.29) is 5.91 Å². The fraction of sp³-hybridized carbons (Fsp3) is 0.643. The molecule has 5 nitrogen and oxygen atoms in total. The van der Waals surface area contributed by atoms with Crippen molar-refractivity contribution in [3.8, 4) is 0 Å². The van der Waals surface area contributed by atoms with Crippen molar-refractivity contribution in [2.24, 2.45) is 0 Å². The number of likely N-dealkylation sites (tertiary alicyclic amines) is 1. The Hall–Kier alpha value is -1.17. The number of hydrogen-bond donors (Lipinski definition) is 0. The predicted molar refractivity (Wildman–Crippen MR) is 80.8 cm³/mol. The second kappa shape index (κ2) is 5.68. The van der Waals surface area contributed by atoms with Crippen LogP contribution in [0.4, 0.5) is 5.82 Å². The summed E-state index contributed by atoms with van der Waals surface area (Å²) in [6, 6.07) is 1.88. The van der Waals surface area contributed by atoms with Crippen molar-refractivity contribution in [1.29, 1.82) is 0 Å². The molecule has 0 radical (unpaired) electrons. The molecule has 0 bridgehead atoms. The van der Waals surface area contributed by atoms with Gasteiger partial charge in [-0.2, -0.15) is 0 Å². The maximum atomic E-state index is 12.2. The Morgan fingerprint density at radius 1 is 1.40 bits per heavy atom. The van der Waals surface area contributed by atoms with Gasteiger partial charge in [-0.1, -0.05) is 0 Å².